The molecule has 0 spiro atoms. The number of hydrogen-bond acceptors (Lipinski definition) is 6. The van der Waals surface area contributed by atoms with Crippen molar-refractivity contribution in [3.05, 3.63) is 23.8 Å². The minimum Gasteiger partial charge on any atom is -0.490 e. The van der Waals surface area contributed by atoms with Gasteiger partial charge in [-0.15, -0.1) is 0 Å². The number of nitrogens with zero attached hydrogens (tertiary/aromatic N) is 1. The summed E-state index contributed by atoms with van der Waals surface area (Å²) < 4.78 is 22.0. The lowest BCUT2D eigenvalue weighted by Crippen LogP contribution is -2.53. The Morgan fingerprint density at radius 3 is 2.83 bits per heavy atom. The van der Waals surface area contributed by atoms with E-state index in [-0.39, 0.29) is 12.1 Å². The molecule has 1 aromatic rings. The molecule has 2 aliphatic heterocycles. The van der Waals surface area contributed by atoms with E-state index < -0.39 is 0 Å². The summed E-state index contributed by atoms with van der Waals surface area (Å²) in [4.78, 5) is 14.4. The third-order valence-electron chi connectivity index (χ3n) is 3.94. The van der Waals surface area contributed by atoms with Crippen molar-refractivity contribution < 1.29 is 23.7 Å². The van der Waals surface area contributed by atoms with Gasteiger partial charge in [-0.2, -0.15) is 0 Å². The minimum absolute atomic E-state index is 0.0416. The van der Waals surface area contributed by atoms with Gasteiger partial charge in [0.2, 0.25) is 0 Å². The predicted octanol–water partition coefficient (Wildman–Crippen LogP) is 1.73. The molecule has 1 aromatic carbocycles. The fraction of sp³-hybridized carbons (Fsp3) is 0.588. The topological polar surface area (TPSA) is 57.2 Å². The van der Waals surface area contributed by atoms with E-state index in [9.17, 15) is 4.79 Å². The molecule has 6 nitrogen and oxygen atoms in total. The molecule has 0 atom stereocenters. The van der Waals surface area contributed by atoms with Crippen LogP contribution in [0.2, 0.25) is 0 Å². The third-order valence-corrected chi connectivity index (χ3v) is 3.94. The summed E-state index contributed by atoms with van der Waals surface area (Å²) in [7, 11) is 0. The van der Waals surface area contributed by atoms with E-state index in [1.54, 1.807) is 18.2 Å². The number of carbonyl (C=O) groups excluding carboxylic acids is 1. The Kier molecular flexibility index (Phi) is 5.35. The molecule has 2 heterocycles. The zero-order chi connectivity index (χ0) is 16.1. The van der Waals surface area contributed by atoms with E-state index in [0.717, 1.165) is 39.3 Å². The highest BCUT2D eigenvalue weighted by Crippen LogP contribution is 2.30. The number of carbonyl (C=O) groups is 1. The summed E-state index contributed by atoms with van der Waals surface area (Å²) in [5, 5.41) is 0. The van der Waals surface area contributed by atoms with Crippen molar-refractivity contribution in [2.24, 2.45) is 0 Å². The average molecular weight is 321 g/mol. The summed E-state index contributed by atoms with van der Waals surface area (Å²) in [5.74, 6) is 0.990. The lowest BCUT2D eigenvalue weighted by atomic mass is 10.1. The molecule has 2 aliphatic rings. The molecule has 3 rings (SSSR count). The summed E-state index contributed by atoms with van der Waals surface area (Å²) in [6, 6.07) is 5.20. The van der Waals surface area contributed by atoms with Crippen LogP contribution in [0.3, 0.4) is 0 Å². The van der Waals surface area contributed by atoms with Crippen LogP contribution in [0, 0.1) is 0 Å². The first-order valence-corrected chi connectivity index (χ1v) is 8.17. The summed E-state index contributed by atoms with van der Waals surface area (Å²) >= 11 is 0. The lowest BCUT2D eigenvalue weighted by Gasteiger charge is -2.38. The van der Waals surface area contributed by atoms with Crippen LogP contribution in [-0.4, -0.2) is 63.0 Å². The van der Waals surface area contributed by atoms with Gasteiger partial charge in [0, 0.05) is 32.7 Å². The predicted molar refractivity (Wildman–Crippen MR) is 84.2 cm³/mol. The molecule has 126 valence electrons. The normalized spacial score (nSPS) is 18.1. The van der Waals surface area contributed by atoms with Crippen LogP contribution in [-0.2, 0) is 9.47 Å². The van der Waals surface area contributed by atoms with Crippen molar-refractivity contribution >= 4 is 5.97 Å². The largest absolute Gasteiger partial charge is 0.490 e. The second kappa shape index (κ2) is 7.66. The molecule has 0 bridgehead atoms. The van der Waals surface area contributed by atoms with Crippen LogP contribution in [0.15, 0.2) is 18.2 Å². The van der Waals surface area contributed by atoms with Crippen molar-refractivity contribution in [2.45, 2.75) is 19.4 Å². The number of esters is 1. The number of ether oxygens (including phenoxy) is 4. The van der Waals surface area contributed by atoms with Gasteiger partial charge in [0.25, 0.3) is 0 Å². The Morgan fingerprint density at radius 2 is 2.04 bits per heavy atom. The number of likely N-dealkylation sites (tertiary alicyclic amines) is 1. The molecular weight excluding hydrogens is 298 g/mol. The lowest BCUT2D eigenvalue weighted by molar-refractivity contribution is -0.0384. The second-order valence-electron chi connectivity index (χ2n) is 5.70. The molecule has 0 unspecified atom stereocenters. The van der Waals surface area contributed by atoms with Crippen molar-refractivity contribution in [1.82, 2.24) is 4.90 Å². The van der Waals surface area contributed by atoms with E-state index >= 15 is 0 Å². The fourth-order valence-electron chi connectivity index (χ4n) is 2.63. The molecule has 0 saturated carbocycles. The second-order valence-corrected chi connectivity index (χ2v) is 5.70. The zero-order valence-electron chi connectivity index (χ0n) is 13.5. The third kappa shape index (κ3) is 4.14. The highest BCUT2D eigenvalue weighted by molar-refractivity contribution is 5.90. The van der Waals surface area contributed by atoms with Crippen LogP contribution < -0.4 is 9.47 Å². The monoisotopic (exact) mass is 321 g/mol. The van der Waals surface area contributed by atoms with Gasteiger partial charge in [-0.3, -0.25) is 4.90 Å². The Labute approximate surface area is 136 Å². The Hall–Kier alpha value is -1.79. The molecule has 6 heteroatoms. The Bertz CT molecular complexity index is 542. The van der Waals surface area contributed by atoms with Crippen LogP contribution in [0.1, 0.15) is 23.7 Å². The average Bonchev–Trinajstić information content (AvgIpc) is 2.76. The van der Waals surface area contributed by atoms with Gasteiger partial charge in [-0.25, -0.2) is 4.79 Å². The highest BCUT2D eigenvalue weighted by Gasteiger charge is 2.30. The van der Waals surface area contributed by atoms with Gasteiger partial charge in [0.1, 0.15) is 6.10 Å². The first-order valence-electron chi connectivity index (χ1n) is 8.17. The molecule has 0 radical (unpaired) electrons. The van der Waals surface area contributed by atoms with Crippen LogP contribution in [0.4, 0.5) is 0 Å². The maximum Gasteiger partial charge on any atom is 0.338 e. The smallest absolute Gasteiger partial charge is 0.338 e. The molecule has 23 heavy (non-hydrogen) atoms. The molecule has 0 amide bonds. The number of hydrogen-bond donors (Lipinski definition) is 0. The van der Waals surface area contributed by atoms with Crippen LogP contribution in [0.25, 0.3) is 0 Å². The summed E-state index contributed by atoms with van der Waals surface area (Å²) in [6.45, 7) is 7.09. The first kappa shape index (κ1) is 16.1. The van der Waals surface area contributed by atoms with E-state index in [1.807, 2.05) is 6.92 Å². The number of rotatable bonds is 6. The first-order chi connectivity index (χ1) is 11.3. The number of fused-ring (bicyclic) bond motifs is 1. The standard InChI is InChI=1S/C17H23NO5/c1-2-20-9-6-18-11-14(12-18)23-17(19)13-4-5-15-16(10-13)22-8-3-7-21-15/h4-5,10,14H,2-3,6-9,11-12H2,1H3. The maximum absolute atomic E-state index is 12.2. The Morgan fingerprint density at radius 1 is 1.26 bits per heavy atom. The van der Waals surface area contributed by atoms with Crippen molar-refractivity contribution in [2.75, 3.05) is 46.1 Å². The summed E-state index contributed by atoms with van der Waals surface area (Å²) in [6.07, 6.45) is 0.800. The van der Waals surface area contributed by atoms with Gasteiger partial charge in [-0.1, -0.05) is 0 Å². The van der Waals surface area contributed by atoms with E-state index in [0.29, 0.717) is 30.3 Å². The summed E-state index contributed by atoms with van der Waals surface area (Å²) in [5.41, 5.74) is 0.502. The molecule has 0 aliphatic carbocycles. The molecule has 0 aromatic heterocycles. The van der Waals surface area contributed by atoms with Gasteiger partial charge < -0.3 is 18.9 Å². The SMILES string of the molecule is CCOCCN1CC(OC(=O)c2ccc3c(c2)OCCCO3)C1. The fourth-order valence-corrected chi connectivity index (χ4v) is 2.63. The van der Waals surface area contributed by atoms with Crippen LogP contribution >= 0.6 is 0 Å². The van der Waals surface area contributed by atoms with E-state index in [2.05, 4.69) is 4.90 Å². The zero-order valence-corrected chi connectivity index (χ0v) is 13.5. The Balaban J connectivity index is 1.49. The minimum atomic E-state index is -0.310. The molecule has 0 N–H and O–H groups in total. The van der Waals surface area contributed by atoms with Crippen molar-refractivity contribution in [3.8, 4) is 11.5 Å². The van der Waals surface area contributed by atoms with Gasteiger partial charge in [0.05, 0.1) is 25.4 Å². The van der Waals surface area contributed by atoms with Crippen molar-refractivity contribution in [1.29, 1.82) is 0 Å². The molecule has 1 saturated heterocycles. The van der Waals surface area contributed by atoms with Crippen LogP contribution in [0.5, 0.6) is 11.5 Å². The highest BCUT2D eigenvalue weighted by atomic mass is 16.5. The maximum atomic E-state index is 12.2. The van der Waals surface area contributed by atoms with Crippen molar-refractivity contribution in [3.63, 3.8) is 0 Å². The molecule has 1 fully saturated rings. The van der Waals surface area contributed by atoms with Gasteiger partial charge in [-0.05, 0) is 25.1 Å². The van der Waals surface area contributed by atoms with E-state index in [1.165, 1.54) is 0 Å². The quantitative estimate of drug-likeness (QED) is 0.587. The molecular formula is C17H23NO5. The van der Waals surface area contributed by atoms with Gasteiger partial charge in [0.15, 0.2) is 11.5 Å². The van der Waals surface area contributed by atoms with E-state index in [4.69, 9.17) is 18.9 Å². The van der Waals surface area contributed by atoms with Gasteiger partial charge >= 0.3 is 5.97 Å². The number of benzene rings is 1.